The van der Waals surface area contributed by atoms with Crippen molar-refractivity contribution in [1.29, 1.82) is 0 Å². The first kappa shape index (κ1) is 18.6. The smallest absolute Gasteiger partial charge is 0.345 e. The number of halogens is 1. The third-order valence-electron chi connectivity index (χ3n) is 4.34. The molecule has 9 heteroatoms. The second-order valence-corrected chi connectivity index (χ2v) is 8.46. The molecule has 0 aromatic carbocycles. The van der Waals surface area contributed by atoms with Gasteiger partial charge in [0.05, 0.1) is 18.9 Å². The Hall–Kier alpha value is -1.14. The molecule has 1 aliphatic carbocycles. The molecule has 1 aromatic heterocycles. The Morgan fingerprint density at radius 1 is 1.24 bits per heavy atom. The molecule has 1 aliphatic heterocycles. The number of rotatable bonds is 7. The Labute approximate surface area is 152 Å². The van der Waals surface area contributed by atoms with E-state index in [4.69, 9.17) is 20.6 Å². The van der Waals surface area contributed by atoms with Crippen molar-refractivity contribution in [3.05, 3.63) is 23.5 Å². The van der Waals surface area contributed by atoms with Gasteiger partial charge in [0.2, 0.25) is 5.78 Å². The van der Waals surface area contributed by atoms with E-state index in [0.717, 1.165) is 12.8 Å². The molecule has 138 valence electrons. The highest BCUT2D eigenvalue weighted by molar-refractivity contribution is 7.56. The molecule has 2 heterocycles. The van der Waals surface area contributed by atoms with Crippen molar-refractivity contribution >= 4 is 30.8 Å². The minimum absolute atomic E-state index is 0.194. The van der Waals surface area contributed by atoms with Crippen molar-refractivity contribution in [2.24, 2.45) is 0 Å². The second kappa shape index (κ2) is 7.62. The molecule has 0 spiro atoms. The maximum atomic E-state index is 13.5. The molecule has 25 heavy (non-hydrogen) atoms. The van der Waals surface area contributed by atoms with E-state index in [1.54, 1.807) is 42.0 Å². The van der Waals surface area contributed by atoms with Crippen LogP contribution < -0.4 is 4.90 Å². The molecule has 7 nitrogen and oxygen atoms in total. The van der Waals surface area contributed by atoms with Gasteiger partial charge in [-0.3, -0.25) is 9.36 Å². The zero-order valence-corrected chi connectivity index (χ0v) is 16.1. The lowest BCUT2D eigenvalue weighted by molar-refractivity contribution is -0.133. The average molecular weight is 388 g/mol. The molecule has 0 radical (unpaired) electrons. The first-order valence-electron chi connectivity index (χ1n) is 8.58. The lowest BCUT2D eigenvalue weighted by Gasteiger charge is -2.43. The van der Waals surface area contributed by atoms with Gasteiger partial charge in [0.15, 0.2) is 5.15 Å². The van der Waals surface area contributed by atoms with Crippen LogP contribution in [0, 0.1) is 0 Å². The molecule has 1 atom stereocenters. The first-order valence-corrected chi connectivity index (χ1v) is 10.6. The molecule has 1 unspecified atom stereocenters. The number of hydrogen-bond donors (Lipinski definition) is 0. The molecular weight excluding hydrogens is 365 g/mol. The van der Waals surface area contributed by atoms with E-state index in [-0.39, 0.29) is 30.3 Å². The summed E-state index contributed by atoms with van der Waals surface area (Å²) < 4.78 is 24.5. The lowest BCUT2D eigenvalue weighted by atomic mass is 10.2. The normalized spacial score (nSPS) is 21.7. The number of hydrogen-bond acceptors (Lipinski definition) is 6. The van der Waals surface area contributed by atoms with Crippen molar-refractivity contribution in [2.45, 2.75) is 38.5 Å². The Kier molecular flexibility index (Phi) is 5.68. The topological polar surface area (TPSA) is 72.0 Å². The third-order valence-corrected chi connectivity index (χ3v) is 6.96. The minimum Gasteiger partial charge on any atom is -0.345 e. The van der Waals surface area contributed by atoms with E-state index in [1.807, 2.05) is 0 Å². The van der Waals surface area contributed by atoms with Crippen LogP contribution in [0.1, 0.15) is 26.7 Å². The predicted molar refractivity (Wildman–Crippen MR) is 96.0 cm³/mol. The Morgan fingerprint density at radius 3 is 2.44 bits per heavy atom. The molecule has 1 saturated heterocycles. The van der Waals surface area contributed by atoms with Crippen LogP contribution >= 0.6 is 19.2 Å². The van der Waals surface area contributed by atoms with Crippen molar-refractivity contribution in [3.8, 4) is 0 Å². The largest absolute Gasteiger partial charge is 0.362 e. The summed E-state index contributed by atoms with van der Waals surface area (Å²) in [7, 11) is -3.69. The molecule has 0 N–H and O–H groups in total. The van der Waals surface area contributed by atoms with Gasteiger partial charge in [0, 0.05) is 25.3 Å². The number of anilines is 1. The van der Waals surface area contributed by atoms with Crippen LogP contribution in [-0.4, -0.2) is 53.9 Å². The molecule has 2 fully saturated rings. The Balaban J connectivity index is 2.02. The maximum absolute atomic E-state index is 13.5. The molecule has 0 bridgehead atoms. The van der Waals surface area contributed by atoms with Crippen LogP contribution in [0.15, 0.2) is 18.3 Å². The summed E-state index contributed by atoms with van der Waals surface area (Å²) in [6, 6.07) is 3.74. The van der Waals surface area contributed by atoms with Gasteiger partial charge < -0.3 is 18.8 Å². The maximum Gasteiger partial charge on any atom is 0.362 e. The summed E-state index contributed by atoms with van der Waals surface area (Å²) >= 11 is 6.24. The highest BCUT2D eigenvalue weighted by atomic mass is 35.5. The van der Waals surface area contributed by atoms with Gasteiger partial charge in [0.25, 0.3) is 5.91 Å². The summed E-state index contributed by atoms with van der Waals surface area (Å²) in [5.41, 5.74) is 0.567. The summed E-state index contributed by atoms with van der Waals surface area (Å²) in [6.45, 7) is 4.92. The zero-order chi connectivity index (χ0) is 18.0. The zero-order valence-electron chi connectivity index (χ0n) is 14.4. The molecule has 1 saturated carbocycles. The Morgan fingerprint density at radius 2 is 1.88 bits per heavy atom. The summed E-state index contributed by atoms with van der Waals surface area (Å²) in [6.07, 6.45) is 3.55. The van der Waals surface area contributed by atoms with Gasteiger partial charge in [-0.1, -0.05) is 11.6 Å². The number of amides is 1. The van der Waals surface area contributed by atoms with Crippen molar-refractivity contribution < 1.29 is 18.4 Å². The van der Waals surface area contributed by atoms with E-state index < -0.39 is 13.4 Å². The minimum atomic E-state index is -3.69. The molecule has 2 aliphatic rings. The predicted octanol–water partition coefficient (Wildman–Crippen LogP) is 3.14. The monoisotopic (exact) mass is 387 g/mol. The van der Waals surface area contributed by atoms with Crippen LogP contribution in [-0.2, 0) is 18.4 Å². The fourth-order valence-corrected chi connectivity index (χ4v) is 5.47. The van der Waals surface area contributed by atoms with Crippen LogP contribution in [0.5, 0.6) is 0 Å². The van der Waals surface area contributed by atoms with Crippen LogP contribution in [0.25, 0.3) is 0 Å². The van der Waals surface area contributed by atoms with E-state index in [2.05, 4.69) is 4.98 Å². The molecule has 1 amide bonds. The van der Waals surface area contributed by atoms with E-state index in [1.165, 1.54) is 0 Å². The molecule has 3 rings (SSSR count). The van der Waals surface area contributed by atoms with Gasteiger partial charge in [-0.25, -0.2) is 4.98 Å². The molecule has 1 aromatic rings. The van der Waals surface area contributed by atoms with Crippen LogP contribution in [0.4, 0.5) is 5.69 Å². The van der Waals surface area contributed by atoms with E-state index in [9.17, 15) is 9.36 Å². The Bertz CT molecular complexity index is 675. The van der Waals surface area contributed by atoms with Gasteiger partial charge in [0.1, 0.15) is 0 Å². The first-order chi connectivity index (χ1) is 12.0. The van der Waals surface area contributed by atoms with E-state index >= 15 is 0 Å². The summed E-state index contributed by atoms with van der Waals surface area (Å²) in [5.74, 6) is -1.26. The third kappa shape index (κ3) is 3.70. The van der Waals surface area contributed by atoms with Crippen LogP contribution in [0.3, 0.4) is 0 Å². The number of carbonyl (C=O) groups is 1. The molecular formula is C16H23ClN3O4P. The number of pyridine rings is 1. The quantitative estimate of drug-likeness (QED) is 0.528. The number of nitrogens with zero attached hydrogens (tertiary/aromatic N) is 3. The van der Waals surface area contributed by atoms with Crippen molar-refractivity contribution in [2.75, 3.05) is 31.2 Å². The van der Waals surface area contributed by atoms with Gasteiger partial charge in [-0.15, -0.1) is 0 Å². The van der Waals surface area contributed by atoms with Crippen LogP contribution in [0.2, 0.25) is 5.15 Å². The number of piperazine rings is 1. The SMILES string of the molecule is CCOP(=O)(OCC)C1C(=O)N(C2CC2)CCN1c1cccnc1Cl. The highest BCUT2D eigenvalue weighted by Crippen LogP contribution is 2.57. The standard InChI is InChI=1S/C16H23ClN3O4P/c1-3-23-25(22,24-4-2)16-15(21)19(12-7-8-12)10-11-20(16)13-6-5-9-18-14(13)17/h5-6,9,12,16H,3-4,7-8,10-11H2,1-2H3. The number of aromatic nitrogens is 1. The average Bonchev–Trinajstić information content (AvgIpc) is 3.40. The van der Waals surface area contributed by atoms with E-state index in [0.29, 0.717) is 18.8 Å². The summed E-state index contributed by atoms with van der Waals surface area (Å²) in [5, 5.41) is 0.264. The summed E-state index contributed by atoms with van der Waals surface area (Å²) in [4.78, 5) is 20.8. The van der Waals surface area contributed by atoms with Crippen molar-refractivity contribution in [1.82, 2.24) is 9.88 Å². The lowest BCUT2D eigenvalue weighted by Crippen LogP contribution is -2.58. The van der Waals surface area contributed by atoms with Gasteiger partial charge in [-0.05, 0) is 38.8 Å². The number of carbonyl (C=O) groups excluding carboxylic acids is 1. The van der Waals surface area contributed by atoms with Gasteiger partial charge in [-0.2, -0.15) is 0 Å². The second-order valence-electron chi connectivity index (χ2n) is 6.02. The van der Waals surface area contributed by atoms with Crippen molar-refractivity contribution in [3.63, 3.8) is 0 Å². The fraction of sp³-hybridized carbons (Fsp3) is 0.625. The van der Waals surface area contributed by atoms with Gasteiger partial charge >= 0.3 is 7.60 Å². The highest BCUT2D eigenvalue weighted by Gasteiger charge is 2.52. The fourth-order valence-electron chi connectivity index (χ4n) is 3.17.